The number of aryl methyl sites for hydroxylation is 1. The zero-order valence-corrected chi connectivity index (χ0v) is 14.0. The first kappa shape index (κ1) is 18.1. The SMILES string of the molecule is C=CCNC(=O)C(=O)N/N=C\c1cc(C)n(-c2ccc(F)cc2)c1C. The Morgan fingerprint density at radius 1 is 1.24 bits per heavy atom. The highest BCUT2D eigenvalue weighted by Gasteiger charge is 2.12. The van der Waals surface area contributed by atoms with Crippen LogP contribution in [0.3, 0.4) is 0 Å². The Morgan fingerprint density at radius 2 is 1.92 bits per heavy atom. The van der Waals surface area contributed by atoms with Gasteiger partial charge in [-0.15, -0.1) is 6.58 Å². The van der Waals surface area contributed by atoms with Crippen molar-refractivity contribution >= 4 is 18.0 Å². The molecule has 7 heteroatoms. The van der Waals surface area contributed by atoms with Gasteiger partial charge in [0, 0.05) is 29.2 Å². The molecule has 0 saturated heterocycles. The highest BCUT2D eigenvalue weighted by Crippen LogP contribution is 2.19. The van der Waals surface area contributed by atoms with E-state index in [1.807, 2.05) is 24.5 Å². The Labute approximate surface area is 145 Å². The second-order valence-corrected chi connectivity index (χ2v) is 5.34. The lowest BCUT2D eigenvalue weighted by Crippen LogP contribution is -2.37. The predicted octanol–water partition coefficient (Wildman–Crippen LogP) is 1.99. The molecule has 25 heavy (non-hydrogen) atoms. The summed E-state index contributed by atoms with van der Waals surface area (Å²) in [7, 11) is 0. The molecular weight excluding hydrogens is 323 g/mol. The number of carbonyl (C=O) groups is 2. The molecular formula is C18H19FN4O2. The normalized spacial score (nSPS) is 10.7. The van der Waals surface area contributed by atoms with E-state index in [4.69, 9.17) is 0 Å². The van der Waals surface area contributed by atoms with Crippen molar-refractivity contribution in [3.8, 4) is 5.69 Å². The van der Waals surface area contributed by atoms with Crippen molar-refractivity contribution in [2.24, 2.45) is 5.10 Å². The first-order valence-corrected chi connectivity index (χ1v) is 7.61. The molecule has 6 nitrogen and oxygen atoms in total. The number of aromatic nitrogens is 1. The van der Waals surface area contributed by atoms with Crippen molar-refractivity contribution < 1.29 is 14.0 Å². The first-order chi connectivity index (χ1) is 11.9. The number of benzene rings is 1. The van der Waals surface area contributed by atoms with Gasteiger partial charge in [0.05, 0.1) is 6.21 Å². The second-order valence-electron chi connectivity index (χ2n) is 5.34. The van der Waals surface area contributed by atoms with E-state index in [9.17, 15) is 14.0 Å². The fourth-order valence-electron chi connectivity index (χ4n) is 2.36. The van der Waals surface area contributed by atoms with Gasteiger partial charge < -0.3 is 9.88 Å². The molecule has 0 atom stereocenters. The van der Waals surface area contributed by atoms with Crippen LogP contribution >= 0.6 is 0 Å². The van der Waals surface area contributed by atoms with Gasteiger partial charge in [0.25, 0.3) is 0 Å². The molecule has 1 aromatic heterocycles. The number of carbonyl (C=O) groups excluding carboxylic acids is 2. The van der Waals surface area contributed by atoms with E-state index < -0.39 is 11.8 Å². The zero-order valence-electron chi connectivity index (χ0n) is 14.0. The van der Waals surface area contributed by atoms with Crippen molar-refractivity contribution in [1.29, 1.82) is 0 Å². The number of nitrogens with one attached hydrogen (secondary N) is 2. The van der Waals surface area contributed by atoms with Crippen molar-refractivity contribution in [3.63, 3.8) is 0 Å². The monoisotopic (exact) mass is 342 g/mol. The molecule has 0 bridgehead atoms. The van der Waals surface area contributed by atoms with Crippen LogP contribution in [0.5, 0.6) is 0 Å². The summed E-state index contributed by atoms with van der Waals surface area (Å²) >= 11 is 0. The fraction of sp³-hybridized carbons (Fsp3) is 0.167. The van der Waals surface area contributed by atoms with E-state index in [-0.39, 0.29) is 12.4 Å². The zero-order chi connectivity index (χ0) is 18.4. The second kappa shape index (κ2) is 8.05. The summed E-state index contributed by atoms with van der Waals surface area (Å²) in [6, 6.07) is 8.03. The smallest absolute Gasteiger partial charge is 0.329 e. The highest BCUT2D eigenvalue weighted by molar-refractivity contribution is 6.35. The van der Waals surface area contributed by atoms with E-state index in [1.54, 1.807) is 12.1 Å². The van der Waals surface area contributed by atoms with Crippen LogP contribution < -0.4 is 10.7 Å². The van der Waals surface area contributed by atoms with Gasteiger partial charge >= 0.3 is 11.8 Å². The lowest BCUT2D eigenvalue weighted by molar-refractivity contribution is -0.139. The van der Waals surface area contributed by atoms with Crippen molar-refractivity contribution in [3.05, 3.63) is 65.8 Å². The Hall–Kier alpha value is -3.22. The lowest BCUT2D eigenvalue weighted by atomic mass is 10.2. The molecule has 0 unspecified atom stereocenters. The average molecular weight is 342 g/mol. The summed E-state index contributed by atoms with van der Waals surface area (Å²) in [6.45, 7) is 7.44. The minimum absolute atomic E-state index is 0.203. The van der Waals surface area contributed by atoms with Gasteiger partial charge in [-0.3, -0.25) is 9.59 Å². The van der Waals surface area contributed by atoms with Crippen molar-refractivity contribution in [2.45, 2.75) is 13.8 Å². The Morgan fingerprint density at radius 3 is 2.56 bits per heavy atom. The van der Waals surface area contributed by atoms with Crippen LogP contribution in [0.2, 0.25) is 0 Å². The van der Waals surface area contributed by atoms with Crippen LogP contribution in [0, 0.1) is 19.7 Å². The maximum absolute atomic E-state index is 13.1. The third kappa shape index (κ3) is 4.41. The molecule has 0 aliphatic heterocycles. The van der Waals surface area contributed by atoms with Gasteiger partial charge in [-0.25, -0.2) is 9.82 Å². The molecule has 1 heterocycles. The summed E-state index contributed by atoms with van der Waals surface area (Å²) in [5.41, 5.74) is 5.57. The van der Waals surface area contributed by atoms with Crippen molar-refractivity contribution in [2.75, 3.05) is 6.54 Å². The molecule has 130 valence electrons. The Bertz CT molecular complexity index is 822. The van der Waals surface area contributed by atoms with Gasteiger partial charge in [0.2, 0.25) is 0 Å². The number of halogens is 1. The van der Waals surface area contributed by atoms with Crippen molar-refractivity contribution in [1.82, 2.24) is 15.3 Å². The molecule has 0 fully saturated rings. The molecule has 0 spiro atoms. The molecule has 0 saturated carbocycles. The third-order valence-corrected chi connectivity index (χ3v) is 3.54. The molecule has 1 aromatic carbocycles. The number of hydrazone groups is 1. The molecule has 0 aliphatic carbocycles. The number of nitrogens with zero attached hydrogens (tertiary/aromatic N) is 2. The lowest BCUT2D eigenvalue weighted by Gasteiger charge is -2.09. The molecule has 0 aliphatic rings. The largest absolute Gasteiger partial charge is 0.344 e. The summed E-state index contributed by atoms with van der Waals surface area (Å²) in [5, 5.41) is 6.16. The molecule has 2 amide bonds. The molecule has 2 aromatic rings. The molecule has 2 rings (SSSR count). The van der Waals surface area contributed by atoms with Crippen LogP contribution in [-0.2, 0) is 9.59 Å². The van der Waals surface area contributed by atoms with Gasteiger partial charge in [0.15, 0.2) is 0 Å². The van der Waals surface area contributed by atoms with Gasteiger partial charge in [0.1, 0.15) is 5.82 Å². The molecule has 0 radical (unpaired) electrons. The first-order valence-electron chi connectivity index (χ1n) is 7.61. The highest BCUT2D eigenvalue weighted by atomic mass is 19.1. The van der Waals surface area contributed by atoms with Crippen LogP contribution in [0.1, 0.15) is 17.0 Å². The van der Waals surface area contributed by atoms with E-state index >= 15 is 0 Å². The van der Waals surface area contributed by atoms with Gasteiger partial charge in [-0.2, -0.15) is 5.10 Å². The quantitative estimate of drug-likeness (QED) is 0.377. The topological polar surface area (TPSA) is 75.5 Å². The summed E-state index contributed by atoms with van der Waals surface area (Å²) < 4.78 is 15.0. The minimum Gasteiger partial charge on any atom is -0.344 e. The van der Waals surface area contributed by atoms with Crippen LogP contribution in [0.4, 0.5) is 4.39 Å². The number of amides is 2. The Kier molecular flexibility index (Phi) is 5.84. The van der Waals surface area contributed by atoms with Crippen LogP contribution in [-0.4, -0.2) is 29.1 Å². The summed E-state index contributed by atoms with van der Waals surface area (Å²) in [4.78, 5) is 22.9. The third-order valence-electron chi connectivity index (χ3n) is 3.54. The van der Waals surface area contributed by atoms with Gasteiger partial charge in [-0.1, -0.05) is 6.08 Å². The standard InChI is InChI=1S/C18H19FN4O2/c1-4-9-20-17(24)18(25)22-21-11-14-10-12(2)23(13(14)3)16-7-5-15(19)6-8-16/h4-8,10-11H,1,9H2,2-3H3,(H,20,24)(H,22,25)/b21-11-. The minimum atomic E-state index is -0.856. The van der Waals surface area contributed by atoms with E-state index in [1.165, 1.54) is 24.4 Å². The summed E-state index contributed by atoms with van der Waals surface area (Å²) in [6.07, 6.45) is 2.93. The van der Waals surface area contributed by atoms with E-state index in [2.05, 4.69) is 22.4 Å². The molecule has 2 N–H and O–H groups in total. The number of hydrogen-bond acceptors (Lipinski definition) is 3. The van der Waals surface area contributed by atoms with E-state index in [0.29, 0.717) is 0 Å². The predicted molar refractivity (Wildman–Crippen MR) is 94.1 cm³/mol. The number of rotatable bonds is 5. The van der Waals surface area contributed by atoms with E-state index in [0.717, 1.165) is 22.6 Å². The summed E-state index contributed by atoms with van der Waals surface area (Å²) in [5.74, 6) is -1.94. The Balaban J connectivity index is 2.12. The van der Waals surface area contributed by atoms with Crippen LogP contribution in [0.25, 0.3) is 5.69 Å². The van der Waals surface area contributed by atoms with Gasteiger partial charge in [-0.05, 0) is 44.2 Å². The average Bonchev–Trinajstić information content (AvgIpc) is 2.87. The van der Waals surface area contributed by atoms with Crippen LogP contribution in [0.15, 0.2) is 48.1 Å². The number of hydrogen-bond donors (Lipinski definition) is 2. The maximum Gasteiger partial charge on any atom is 0.329 e. The maximum atomic E-state index is 13.1. The fourth-order valence-corrected chi connectivity index (χ4v) is 2.36.